The van der Waals surface area contributed by atoms with Gasteiger partial charge in [0.1, 0.15) is 17.3 Å². The summed E-state index contributed by atoms with van der Waals surface area (Å²) in [6, 6.07) is 4.19. The average molecular weight is 239 g/mol. The van der Waals surface area contributed by atoms with Gasteiger partial charge in [0.25, 0.3) is 0 Å². The maximum Gasteiger partial charge on any atom is 0.149 e. The highest BCUT2D eigenvalue weighted by Gasteiger charge is 2.18. The lowest BCUT2D eigenvalue weighted by Crippen LogP contribution is -2.20. The minimum absolute atomic E-state index is 0.0343. The van der Waals surface area contributed by atoms with Crippen molar-refractivity contribution in [3.05, 3.63) is 29.8 Å². The van der Waals surface area contributed by atoms with Crippen molar-refractivity contribution >= 4 is 5.69 Å². The highest BCUT2D eigenvalue weighted by Crippen LogP contribution is 2.27. The van der Waals surface area contributed by atoms with Crippen molar-refractivity contribution < 1.29 is 8.78 Å². The standard InChI is InChI=1S/C14H19F2N/c1-10-4-2-5-11(9-8-10)17-14-12(15)6-3-7-13(14)16/h3,6-7,10-11,17H,2,4-5,8-9H2,1H3. The third kappa shape index (κ3) is 3.18. The Hall–Kier alpha value is -1.12. The Balaban J connectivity index is 2.05. The maximum absolute atomic E-state index is 13.5. The van der Waals surface area contributed by atoms with Gasteiger partial charge in [0, 0.05) is 6.04 Å². The fourth-order valence-electron chi connectivity index (χ4n) is 2.47. The molecule has 0 bridgehead atoms. The second kappa shape index (κ2) is 5.48. The van der Waals surface area contributed by atoms with E-state index in [0.29, 0.717) is 0 Å². The van der Waals surface area contributed by atoms with Crippen LogP contribution in [0.15, 0.2) is 18.2 Å². The SMILES string of the molecule is CC1CCCC(Nc2c(F)cccc2F)CC1. The Morgan fingerprint density at radius 2 is 1.76 bits per heavy atom. The number of hydrogen-bond acceptors (Lipinski definition) is 1. The number of nitrogens with one attached hydrogen (secondary N) is 1. The highest BCUT2D eigenvalue weighted by atomic mass is 19.1. The van der Waals surface area contributed by atoms with Crippen LogP contribution in [0.3, 0.4) is 0 Å². The van der Waals surface area contributed by atoms with E-state index < -0.39 is 11.6 Å². The van der Waals surface area contributed by atoms with Gasteiger partial charge in [-0.05, 0) is 37.3 Å². The first-order valence-corrected chi connectivity index (χ1v) is 6.37. The second-order valence-electron chi connectivity index (χ2n) is 5.05. The summed E-state index contributed by atoms with van der Waals surface area (Å²) in [4.78, 5) is 0. The summed E-state index contributed by atoms with van der Waals surface area (Å²) < 4.78 is 27.0. The molecule has 1 N–H and O–H groups in total. The highest BCUT2D eigenvalue weighted by molar-refractivity contribution is 5.46. The Kier molecular flexibility index (Phi) is 3.97. The van der Waals surface area contributed by atoms with Gasteiger partial charge in [-0.1, -0.05) is 25.8 Å². The third-order valence-corrected chi connectivity index (χ3v) is 3.57. The molecule has 0 aliphatic heterocycles. The molecule has 1 aromatic carbocycles. The molecule has 2 atom stereocenters. The Morgan fingerprint density at radius 1 is 1.06 bits per heavy atom. The molecule has 0 amide bonds. The molecule has 1 aliphatic carbocycles. The van der Waals surface area contributed by atoms with Gasteiger partial charge < -0.3 is 5.32 Å². The van der Waals surface area contributed by atoms with Crippen molar-refractivity contribution in [2.45, 2.75) is 45.1 Å². The van der Waals surface area contributed by atoms with E-state index in [-0.39, 0.29) is 11.7 Å². The summed E-state index contributed by atoms with van der Waals surface area (Å²) in [5, 5.41) is 3.03. The Bertz CT molecular complexity index is 358. The van der Waals surface area contributed by atoms with Crippen LogP contribution >= 0.6 is 0 Å². The first-order chi connectivity index (χ1) is 8.16. The predicted octanol–water partition coefficient (Wildman–Crippen LogP) is 4.35. The van der Waals surface area contributed by atoms with Crippen LogP contribution in [0.25, 0.3) is 0 Å². The smallest absolute Gasteiger partial charge is 0.149 e. The second-order valence-corrected chi connectivity index (χ2v) is 5.05. The summed E-state index contributed by atoms with van der Waals surface area (Å²) in [6.45, 7) is 2.24. The normalized spacial score (nSPS) is 25.4. The summed E-state index contributed by atoms with van der Waals surface area (Å²) >= 11 is 0. The minimum Gasteiger partial charge on any atom is -0.378 e. The first-order valence-electron chi connectivity index (χ1n) is 6.37. The van der Waals surface area contributed by atoms with Crippen LogP contribution in [0.4, 0.5) is 14.5 Å². The minimum atomic E-state index is -0.498. The van der Waals surface area contributed by atoms with E-state index >= 15 is 0 Å². The summed E-state index contributed by atoms with van der Waals surface area (Å²) in [7, 11) is 0. The largest absolute Gasteiger partial charge is 0.378 e. The summed E-state index contributed by atoms with van der Waals surface area (Å²) in [5.74, 6) is -0.267. The molecular weight excluding hydrogens is 220 g/mol. The van der Waals surface area contributed by atoms with E-state index in [9.17, 15) is 8.78 Å². The molecule has 0 heterocycles. The molecule has 1 aromatic rings. The molecule has 0 saturated heterocycles. The predicted molar refractivity (Wildman–Crippen MR) is 66.0 cm³/mol. The van der Waals surface area contributed by atoms with Gasteiger partial charge in [-0.15, -0.1) is 0 Å². The van der Waals surface area contributed by atoms with Crippen LogP contribution in [0, 0.1) is 17.6 Å². The molecule has 3 heteroatoms. The van der Waals surface area contributed by atoms with Gasteiger partial charge in [-0.25, -0.2) is 8.78 Å². The summed E-state index contributed by atoms with van der Waals surface area (Å²) in [6.07, 6.45) is 5.48. The van der Waals surface area contributed by atoms with E-state index in [2.05, 4.69) is 12.2 Å². The topological polar surface area (TPSA) is 12.0 Å². The number of rotatable bonds is 2. The van der Waals surface area contributed by atoms with Gasteiger partial charge in [-0.3, -0.25) is 0 Å². The molecule has 2 unspecified atom stereocenters. The van der Waals surface area contributed by atoms with E-state index in [1.165, 1.54) is 24.6 Å². The van der Waals surface area contributed by atoms with Crippen LogP contribution in [-0.2, 0) is 0 Å². The van der Waals surface area contributed by atoms with Crippen LogP contribution in [0.1, 0.15) is 39.0 Å². The molecule has 0 aromatic heterocycles. The first kappa shape index (κ1) is 12.3. The van der Waals surface area contributed by atoms with Crippen molar-refractivity contribution in [2.75, 3.05) is 5.32 Å². The maximum atomic E-state index is 13.5. The molecule has 1 saturated carbocycles. The quantitative estimate of drug-likeness (QED) is 0.757. The van der Waals surface area contributed by atoms with Crippen LogP contribution in [-0.4, -0.2) is 6.04 Å². The van der Waals surface area contributed by atoms with Gasteiger partial charge in [0.05, 0.1) is 0 Å². The fourth-order valence-corrected chi connectivity index (χ4v) is 2.47. The lowest BCUT2D eigenvalue weighted by atomic mass is 10.0. The van der Waals surface area contributed by atoms with Gasteiger partial charge >= 0.3 is 0 Å². The number of benzene rings is 1. The zero-order chi connectivity index (χ0) is 12.3. The Labute approximate surface area is 101 Å². The molecule has 1 nitrogen and oxygen atoms in total. The number of halogens is 2. The van der Waals surface area contributed by atoms with Crippen molar-refractivity contribution in [3.8, 4) is 0 Å². The molecule has 17 heavy (non-hydrogen) atoms. The number of hydrogen-bond donors (Lipinski definition) is 1. The Morgan fingerprint density at radius 3 is 2.47 bits per heavy atom. The zero-order valence-electron chi connectivity index (χ0n) is 10.2. The number of anilines is 1. The summed E-state index contributed by atoms with van der Waals surface area (Å²) in [5.41, 5.74) is 0.0343. The van der Waals surface area contributed by atoms with Crippen LogP contribution < -0.4 is 5.32 Å². The van der Waals surface area contributed by atoms with Gasteiger partial charge in [-0.2, -0.15) is 0 Å². The lowest BCUT2D eigenvalue weighted by molar-refractivity contribution is 0.501. The third-order valence-electron chi connectivity index (χ3n) is 3.57. The van der Waals surface area contributed by atoms with Crippen LogP contribution in [0.2, 0.25) is 0 Å². The zero-order valence-corrected chi connectivity index (χ0v) is 10.2. The number of para-hydroxylation sites is 1. The van der Waals surface area contributed by atoms with Gasteiger partial charge in [0.15, 0.2) is 0 Å². The van der Waals surface area contributed by atoms with Gasteiger partial charge in [0.2, 0.25) is 0 Å². The van der Waals surface area contributed by atoms with Crippen molar-refractivity contribution in [1.29, 1.82) is 0 Å². The average Bonchev–Trinajstić information content (AvgIpc) is 2.49. The van der Waals surface area contributed by atoms with E-state index in [0.717, 1.165) is 31.6 Å². The molecule has 94 valence electrons. The van der Waals surface area contributed by atoms with Crippen molar-refractivity contribution in [3.63, 3.8) is 0 Å². The van der Waals surface area contributed by atoms with E-state index in [1.54, 1.807) is 0 Å². The molecular formula is C14H19F2N. The van der Waals surface area contributed by atoms with E-state index in [1.807, 2.05) is 0 Å². The van der Waals surface area contributed by atoms with Crippen molar-refractivity contribution in [2.24, 2.45) is 5.92 Å². The molecule has 0 radical (unpaired) electrons. The molecule has 2 rings (SSSR count). The molecule has 1 aliphatic rings. The monoisotopic (exact) mass is 239 g/mol. The molecule has 0 spiro atoms. The van der Waals surface area contributed by atoms with Crippen LogP contribution in [0.5, 0.6) is 0 Å². The van der Waals surface area contributed by atoms with Crippen molar-refractivity contribution in [1.82, 2.24) is 0 Å². The van der Waals surface area contributed by atoms with E-state index in [4.69, 9.17) is 0 Å². The molecule has 1 fully saturated rings. The fraction of sp³-hybridized carbons (Fsp3) is 0.571. The lowest BCUT2D eigenvalue weighted by Gasteiger charge is -2.18.